The fourth-order valence-electron chi connectivity index (χ4n) is 3.72. The number of likely N-dealkylation sites (tertiary alicyclic amines) is 1. The number of H-pyrrole nitrogens is 1. The minimum atomic E-state index is 0. The Hall–Kier alpha value is -1.77. The molecule has 0 aliphatic carbocycles. The highest BCUT2D eigenvalue weighted by molar-refractivity contribution is 14.0. The second-order valence-corrected chi connectivity index (χ2v) is 7.63. The number of fused-ring (bicyclic) bond motifs is 1. The van der Waals surface area contributed by atoms with Crippen LogP contribution in [-0.2, 0) is 11.2 Å². The van der Waals surface area contributed by atoms with E-state index in [4.69, 9.17) is 0 Å². The maximum Gasteiger partial charge on any atom is 0.225 e. The standard InChI is InChI=1S/C21H31N5O.HI/c1-14(2)20(27)26-11-9-17(13-26)25-21(22-4)23-10-8-16-12-24-19-15(3)6-5-7-18(16)19;/h5-7,12,14,17,24H,8-11,13H2,1-4H3,(H2,22,23,25);1H. The average Bonchev–Trinajstić information content (AvgIpc) is 3.28. The predicted octanol–water partition coefficient (Wildman–Crippen LogP) is 3.06. The number of benzene rings is 1. The van der Waals surface area contributed by atoms with Crippen molar-refractivity contribution in [3.8, 4) is 0 Å². The number of guanidine groups is 1. The number of carbonyl (C=O) groups excluding carboxylic acids is 1. The molecule has 7 heteroatoms. The van der Waals surface area contributed by atoms with Crippen LogP contribution in [0.15, 0.2) is 29.4 Å². The summed E-state index contributed by atoms with van der Waals surface area (Å²) in [7, 11) is 1.79. The smallest absolute Gasteiger partial charge is 0.225 e. The fraction of sp³-hybridized carbons (Fsp3) is 0.524. The molecule has 0 radical (unpaired) electrons. The molecule has 0 bridgehead atoms. The second kappa shape index (κ2) is 10.1. The van der Waals surface area contributed by atoms with E-state index in [9.17, 15) is 4.79 Å². The van der Waals surface area contributed by atoms with Crippen LogP contribution in [0.3, 0.4) is 0 Å². The molecule has 1 aliphatic rings. The van der Waals surface area contributed by atoms with E-state index in [0.717, 1.165) is 38.4 Å². The molecule has 1 aromatic heterocycles. The third-order valence-electron chi connectivity index (χ3n) is 5.25. The molecule has 2 aromatic rings. The summed E-state index contributed by atoms with van der Waals surface area (Å²) in [5, 5.41) is 8.15. The summed E-state index contributed by atoms with van der Waals surface area (Å²) in [6.07, 6.45) is 3.98. The predicted molar refractivity (Wildman–Crippen MR) is 126 cm³/mol. The zero-order chi connectivity index (χ0) is 19.4. The van der Waals surface area contributed by atoms with Crippen LogP contribution in [0.4, 0.5) is 0 Å². The molecule has 3 rings (SSSR count). The molecule has 2 heterocycles. The van der Waals surface area contributed by atoms with Gasteiger partial charge in [-0.25, -0.2) is 0 Å². The van der Waals surface area contributed by atoms with Crippen molar-refractivity contribution in [3.63, 3.8) is 0 Å². The van der Waals surface area contributed by atoms with Crippen molar-refractivity contribution in [2.75, 3.05) is 26.7 Å². The van der Waals surface area contributed by atoms with Crippen LogP contribution in [-0.4, -0.2) is 54.5 Å². The lowest BCUT2D eigenvalue weighted by Gasteiger charge is -2.20. The lowest BCUT2D eigenvalue weighted by Crippen LogP contribution is -2.45. The molecule has 0 saturated carbocycles. The van der Waals surface area contributed by atoms with Crippen LogP contribution in [0.2, 0.25) is 0 Å². The Morgan fingerprint density at radius 2 is 2.18 bits per heavy atom. The van der Waals surface area contributed by atoms with Gasteiger partial charge in [0, 0.05) is 55.7 Å². The number of aromatic nitrogens is 1. The van der Waals surface area contributed by atoms with Crippen molar-refractivity contribution in [1.82, 2.24) is 20.5 Å². The van der Waals surface area contributed by atoms with Crippen molar-refractivity contribution in [2.45, 2.75) is 39.7 Å². The summed E-state index contributed by atoms with van der Waals surface area (Å²) in [6.45, 7) is 8.41. The number of rotatable bonds is 5. The Labute approximate surface area is 184 Å². The molecule has 154 valence electrons. The number of amides is 1. The maximum atomic E-state index is 12.1. The first-order valence-corrected chi connectivity index (χ1v) is 9.81. The van der Waals surface area contributed by atoms with Gasteiger partial charge in [-0.05, 0) is 30.9 Å². The first kappa shape index (κ1) is 22.5. The molecule has 1 aromatic carbocycles. The van der Waals surface area contributed by atoms with Crippen molar-refractivity contribution < 1.29 is 4.79 Å². The summed E-state index contributed by atoms with van der Waals surface area (Å²) >= 11 is 0. The highest BCUT2D eigenvalue weighted by Gasteiger charge is 2.27. The zero-order valence-corrected chi connectivity index (χ0v) is 19.5. The van der Waals surface area contributed by atoms with E-state index in [-0.39, 0.29) is 41.8 Å². The molecule has 0 spiro atoms. The number of hydrogen-bond donors (Lipinski definition) is 3. The van der Waals surface area contributed by atoms with Gasteiger partial charge in [-0.1, -0.05) is 32.0 Å². The highest BCUT2D eigenvalue weighted by atomic mass is 127. The molecule has 1 unspecified atom stereocenters. The van der Waals surface area contributed by atoms with E-state index in [2.05, 4.69) is 51.9 Å². The van der Waals surface area contributed by atoms with Crippen LogP contribution in [0.25, 0.3) is 10.9 Å². The van der Waals surface area contributed by atoms with Gasteiger partial charge in [-0.2, -0.15) is 0 Å². The number of aryl methyl sites for hydroxylation is 1. The SMILES string of the molecule is CN=C(NCCc1c[nH]c2c(C)cccc12)NC1CCN(C(=O)C(C)C)C1.I. The topological polar surface area (TPSA) is 72.5 Å². The summed E-state index contributed by atoms with van der Waals surface area (Å²) in [5.41, 5.74) is 3.80. The lowest BCUT2D eigenvalue weighted by molar-refractivity contribution is -0.133. The van der Waals surface area contributed by atoms with Crippen LogP contribution < -0.4 is 10.6 Å². The van der Waals surface area contributed by atoms with Crippen LogP contribution in [0.5, 0.6) is 0 Å². The quantitative estimate of drug-likeness (QED) is 0.338. The van der Waals surface area contributed by atoms with E-state index in [0.29, 0.717) is 0 Å². The molecule has 1 atom stereocenters. The highest BCUT2D eigenvalue weighted by Crippen LogP contribution is 2.21. The number of carbonyl (C=O) groups is 1. The van der Waals surface area contributed by atoms with Gasteiger partial charge in [0.15, 0.2) is 5.96 Å². The average molecular weight is 497 g/mol. The number of nitrogens with zero attached hydrogens (tertiary/aromatic N) is 2. The number of aliphatic imine (C=N–C) groups is 1. The van der Waals surface area contributed by atoms with Gasteiger partial charge in [-0.3, -0.25) is 9.79 Å². The summed E-state index contributed by atoms with van der Waals surface area (Å²) < 4.78 is 0. The lowest BCUT2D eigenvalue weighted by atomic mass is 10.1. The fourth-order valence-corrected chi connectivity index (χ4v) is 3.72. The van der Waals surface area contributed by atoms with Gasteiger partial charge in [0.1, 0.15) is 0 Å². The Kier molecular flexibility index (Phi) is 8.15. The Bertz CT molecular complexity index is 829. The van der Waals surface area contributed by atoms with Crippen molar-refractivity contribution in [3.05, 3.63) is 35.5 Å². The summed E-state index contributed by atoms with van der Waals surface area (Å²) in [4.78, 5) is 21.8. The Morgan fingerprint density at radius 3 is 2.89 bits per heavy atom. The molecule has 28 heavy (non-hydrogen) atoms. The van der Waals surface area contributed by atoms with Crippen LogP contribution in [0.1, 0.15) is 31.4 Å². The van der Waals surface area contributed by atoms with Crippen molar-refractivity contribution in [2.24, 2.45) is 10.9 Å². The molecule has 1 fully saturated rings. The van der Waals surface area contributed by atoms with Crippen LogP contribution in [0, 0.1) is 12.8 Å². The Balaban J connectivity index is 0.00000280. The van der Waals surface area contributed by atoms with Crippen molar-refractivity contribution in [1.29, 1.82) is 0 Å². The summed E-state index contributed by atoms with van der Waals surface area (Å²) in [5.74, 6) is 1.09. The number of nitrogens with one attached hydrogen (secondary N) is 3. The van der Waals surface area contributed by atoms with E-state index < -0.39 is 0 Å². The van der Waals surface area contributed by atoms with E-state index in [1.807, 2.05) is 18.7 Å². The number of hydrogen-bond acceptors (Lipinski definition) is 2. The monoisotopic (exact) mass is 497 g/mol. The molecular formula is C21H32IN5O. The molecule has 6 nitrogen and oxygen atoms in total. The second-order valence-electron chi connectivity index (χ2n) is 7.63. The molecule has 1 saturated heterocycles. The van der Waals surface area contributed by atoms with Gasteiger partial charge >= 0.3 is 0 Å². The van der Waals surface area contributed by atoms with Gasteiger partial charge in [0.25, 0.3) is 0 Å². The molecule has 1 aliphatic heterocycles. The first-order chi connectivity index (χ1) is 13.0. The third-order valence-corrected chi connectivity index (χ3v) is 5.25. The van der Waals surface area contributed by atoms with Gasteiger partial charge in [0.05, 0.1) is 0 Å². The van der Waals surface area contributed by atoms with Crippen molar-refractivity contribution >= 4 is 46.7 Å². The largest absolute Gasteiger partial charge is 0.361 e. The molecule has 1 amide bonds. The Morgan fingerprint density at radius 1 is 1.39 bits per heavy atom. The van der Waals surface area contributed by atoms with E-state index in [1.165, 1.54) is 22.0 Å². The van der Waals surface area contributed by atoms with Gasteiger partial charge in [0.2, 0.25) is 5.91 Å². The number of para-hydroxylation sites is 1. The normalized spacial score (nSPS) is 17.1. The maximum absolute atomic E-state index is 12.1. The zero-order valence-electron chi connectivity index (χ0n) is 17.2. The van der Waals surface area contributed by atoms with Gasteiger partial charge < -0.3 is 20.5 Å². The number of aromatic amines is 1. The van der Waals surface area contributed by atoms with Crippen LogP contribution >= 0.6 is 24.0 Å². The minimum absolute atomic E-state index is 0. The first-order valence-electron chi connectivity index (χ1n) is 9.81. The van der Waals surface area contributed by atoms with E-state index >= 15 is 0 Å². The molecular weight excluding hydrogens is 465 g/mol. The third kappa shape index (κ3) is 5.18. The van der Waals surface area contributed by atoms with Gasteiger partial charge in [-0.15, -0.1) is 24.0 Å². The minimum Gasteiger partial charge on any atom is -0.361 e. The van der Waals surface area contributed by atoms with E-state index in [1.54, 1.807) is 7.05 Å². The molecule has 3 N–H and O–H groups in total. The number of halogens is 1. The summed E-state index contributed by atoms with van der Waals surface area (Å²) in [6, 6.07) is 6.66.